The minimum Gasteiger partial charge on any atom is -0.342 e. The number of nitrogens with one attached hydrogen (secondary N) is 3. The van der Waals surface area contributed by atoms with Gasteiger partial charge in [-0.1, -0.05) is 74.5 Å². The summed E-state index contributed by atoms with van der Waals surface area (Å²) in [6.45, 7) is 7.88. The van der Waals surface area contributed by atoms with Crippen molar-refractivity contribution >= 4 is 17.9 Å². The molecule has 2 aromatic carbocycles. The van der Waals surface area contributed by atoms with Crippen molar-refractivity contribution in [2.75, 3.05) is 19.6 Å². The van der Waals surface area contributed by atoms with Crippen LogP contribution in [0.4, 0.5) is 4.79 Å². The normalized spacial score (nSPS) is 21.1. The van der Waals surface area contributed by atoms with Crippen LogP contribution in [0.25, 0.3) is 0 Å². The zero-order chi connectivity index (χ0) is 25.0. The van der Waals surface area contributed by atoms with Crippen molar-refractivity contribution in [3.63, 3.8) is 0 Å². The molecule has 0 spiro atoms. The Bertz CT molecular complexity index is 994. The van der Waals surface area contributed by atoms with Crippen LogP contribution in [0.3, 0.4) is 0 Å². The van der Waals surface area contributed by atoms with Crippen molar-refractivity contribution in [2.24, 2.45) is 11.8 Å². The van der Waals surface area contributed by atoms with E-state index in [1.54, 1.807) is 4.90 Å². The summed E-state index contributed by atoms with van der Waals surface area (Å²) < 4.78 is 0. The second-order valence-electron chi connectivity index (χ2n) is 10.5. The summed E-state index contributed by atoms with van der Waals surface area (Å²) in [6, 6.07) is 19.8. The lowest BCUT2D eigenvalue weighted by Crippen LogP contribution is -2.48. The van der Waals surface area contributed by atoms with Gasteiger partial charge in [-0.05, 0) is 49.1 Å². The molecule has 4 rings (SSSR count). The van der Waals surface area contributed by atoms with Gasteiger partial charge < -0.3 is 15.5 Å². The van der Waals surface area contributed by atoms with E-state index in [1.807, 2.05) is 72.5 Å². The zero-order valence-electron chi connectivity index (χ0n) is 21.0. The fourth-order valence-corrected chi connectivity index (χ4v) is 5.35. The molecule has 0 aliphatic carbocycles. The van der Waals surface area contributed by atoms with Crippen molar-refractivity contribution in [1.29, 1.82) is 5.41 Å². The maximum Gasteiger partial charge on any atom is 0.318 e. The highest BCUT2D eigenvalue weighted by Gasteiger charge is 2.46. The number of amides is 3. The predicted molar refractivity (Wildman–Crippen MR) is 138 cm³/mol. The smallest absolute Gasteiger partial charge is 0.318 e. The summed E-state index contributed by atoms with van der Waals surface area (Å²) >= 11 is 0. The molecule has 2 heterocycles. The van der Waals surface area contributed by atoms with E-state index < -0.39 is 5.54 Å². The summed E-state index contributed by atoms with van der Waals surface area (Å²) in [5.41, 5.74) is 1.39. The summed E-state index contributed by atoms with van der Waals surface area (Å²) in [5, 5.41) is 14.7. The van der Waals surface area contributed by atoms with Gasteiger partial charge in [0.25, 0.3) is 5.91 Å². The highest BCUT2D eigenvalue weighted by atomic mass is 16.2. The number of guanidine groups is 1. The fourth-order valence-electron chi connectivity index (χ4n) is 5.35. The first-order chi connectivity index (χ1) is 16.8. The van der Waals surface area contributed by atoms with E-state index in [0.29, 0.717) is 32.0 Å². The Morgan fingerprint density at radius 1 is 1.06 bits per heavy atom. The average Bonchev–Trinajstić information content (AvgIpc) is 3.06. The van der Waals surface area contributed by atoms with Crippen LogP contribution in [0.2, 0.25) is 0 Å². The Morgan fingerprint density at radius 2 is 1.60 bits per heavy atom. The first-order valence-corrected chi connectivity index (χ1v) is 12.6. The van der Waals surface area contributed by atoms with Crippen molar-refractivity contribution in [3.8, 4) is 0 Å². The lowest BCUT2D eigenvalue weighted by atomic mass is 9.90. The van der Waals surface area contributed by atoms with Crippen LogP contribution in [0, 0.1) is 17.2 Å². The number of rotatable bonds is 7. The number of carbonyl (C=O) groups is 2. The van der Waals surface area contributed by atoms with Crippen LogP contribution in [0.15, 0.2) is 60.7 Å². The fraction of sp³-hybridized carbons (Fsp3) is 0.464. The quantitative estimate of drug-likeness (QED) is 0.556. The van der Waals surface area contributed by atoms with Crippen LogP contribution >= 0.6 is 0 Å². The minimum atomic E-state index is -0.699. The highest BCUT2D eigenvalue weighted by Crippen LogP contribution is 2.28. The van der Waals surface area contributed by atoms with E-state index in [2.05, 4.69) is 24.5 Å². The first-order valence-electron chi connectivity index (χ1n) is 12.6. The highest BCUT2D eigenvalue weighted by molar-refractivity contribution is 6.07. The van der Waals surface area contributed by atoms with Crippen molar-refractivity contribution in [3.05, 3.63) is 71.8 Å². The summed E-state index contributed by atoms with van der Waals surface area (Å²) in [7, 11) is 0. The molecule has 7 nitrogen and oxygen atoms in total. The number of benzene rings is 2. The van der Waals surface area contributed by atoms with Crippen LogP contribution in [0.5, 0.6) is 0 Å². The van der Waals surface area contributed by atoms with Gasteiger partial charge in [0.15, 0.2) is 5.96 Å². The van der Waals surface area contributed by atoms with Crippen LogP contribution < -0.4 is 10.6 Å². The lowest BCUT2D eigenvalue weighted by molar-refractivity contribution is -0.131. The average molecular weight is 476 g/mol. The van der Waals surface area contributed by atoms with Gasteiger partial charge in [-0.2, -0.15) is 0 Å². The number of likely N-dealkylation sites (tertiary alicyclic amines) is 1. The van der Waals surface area contributed by atoms with Crippen LogP contribution in [-0.2, 0) is 4.79 Å². The van der Waals surface area contributed by atoms with Crippen molar-refractivity contribution < 1.29 is 9.59 Å². The summed E-state index contributed by atoms with van der Waals surface area (Å²) in [4.78, 5) is 29.7. The molecule has 2 aliphatic rings. The van der Waals surface area contributed by atoms with Gasteiger partial charge in [-0.25, -0.2) is 4.79 Å². The van der Waals surface area contributed by atoms with E-state index >= 15 is 0 Å². The number of piperidine rings is 1. The van der Waals surface area contributed by atoms with E-state index in [0.717, 1.165) is 24.0 Å². The monoisotopic (exact) mass is 475 g/mol. The molecule has 1 unspecified atom stereocenters. The Morgan fingerprint density at radius 3 is 2.11 bits per heavy atom. The van der Waals surface area contributed by atoms with Gasteiger partial charge in [0, 0.05) is 19.6 Å². The van der Waals surface area contributed by atoms with E-state index in [9.17, 15) is 9.59 Å². The standard InChI is InChI=1S/C28H37N5O2/c1-20(2)18-28(3)25(34)33(26(29)31-28)19-21-14-16-32(17-15-21)27(35)30-24(22-10-6-4-7-11-22)23-12-8-5-9-13-23/h4-13,20-21,24H,14-19H2,1-3H3,(H2,29,31)(H,30,35). The second kappa shape index (κ2) is 10.5. The van der Waals surface area contributed by atoms with Crippen molar-refractivity contribution in [1.82, 2.24) is 20.4 Å². The molecule has 186 valence electrons. The second-order valence-corrected chi connectivity index (χ2v) is 10.5. The molecule has 2 saturated heterocycles. The number of hydrogen-bond acceptors (Lipinski definition) is 3. The Kier molecular flexibility index (Phi) is 7.43. The maximum atomic E-state index is 13.2. The predicted octanol–water partition coefficient (Wildman–Crippen LogP) is 4.37. The third kappa shape index (κ3) is 5.66. The van der Waals surface area contributed by atoms with Gasteiger partial charge in [-0.15, -0.1) is 0 Å². The maximum absolute atomic E-state index is 13.2. The number of urea groups is 1. The Labute approximate surface area is 208 Å². The Balaban J connectivity index is 1.35. The van der Waals surface area contributed by atoms with Crippen molar-refractivity contribution in [2.45, 2.75) is 51.6 Å². The molecule has 3 N–H and O–H groups in total. The molecule has 35 heavy (non-hydrogen) atoms. The molecule has 0 bridgehead atoms. The summed E-state index contributed by atoms with van der Waals surface area (Å²) in [6.07, 6.45) is 2.33. The molecular formula is C28H37N5O2. The van der Waals surface area contributed by atoms with Gasteiger partial charge in [0.05, 0.1) is 6.04 Å². The van der Waals surface area contributed by atoms with E-state index in [-0.39, 0.29) is 29.9 Å². The number of nitrogens with zero attached hydrogens (tertiary/aromatic N) is 2. The third-order valence-electron chi connectivity index (χ3n) is 7.07. The largest absolute Gasteiger partial charge is 0.342 e. The molecule has 0 saturated carbocycles. The summed E-state index contributed by atoms with van der Waals surface area (Å²) in [5.74, 6) is 0.823. The Hall–Kier alpha value is -3.35. The molecule has 0 aromatic heterocycles. The topological polar surface area (TPSA) is 88.5 Å². The molecule has 1 atom stereocenters. The number of hydrogen-bond donors (Lipinski definition) is 3. The van der Waals surface area contributed by atoms with E-state index in [4.69, 9.17) is 5.41 Å². The van der Waals surface area contributed by atoms with Gasteiger partial charge in [0.2, 0.25) is 0 Å². The first kappa shape index (κ1) is 24.8. The van der Waals surface area contributed by atoms with Crippen LogP contribution in [-0.4, -0.2) is 52.9 Å². The van der Waals surface area contributed by atoms with Gasteiger partial charge in [-0.3, -0.25) is 15.1 Å². The zero-order valence-corrected chi connectivity index (χ0v) is 21.0. The SMILES string of the molecule is CC(C)CC1(C)NC(=N)N(CC2CCN(C(=O)NC(c3ccccc3)c3ccccc3)CC2)C1=O. The number of carbonyl (C=O) groups excluding carboxylic acids is 2. The van der Waals surface area contributed by atoms with Crippen LogP contribution in [0.1, 0.15) is 57.2 Å². The van der Waals surface area contributed by atoms with Gasteiger partial charge in [0.1, 0.15) is 5.54 Å². The lowest BCUT2D eigenvalue weighted by Gasteiger charge is -2.35. The minimum absolute atomic E-state index is 0.00932. The molecule has 7 heteroatoms. The third-order valence-corrected chi connectivity index (χ3v) is 7.07. The molecule has 2 aliphatic heterocycles. The molecule has 0 radical (unpaired) electrons. The van der Waals surface area contributed by atoms with Gasteiger partial charge >= 0.3 is 6.03 Å². The molecule has 3 amide bonds. The van der Waals surface area contributed by atoms with E-state index in [1.165, 1.54) is 0 Å². The molecule has 2 fully saturated rings. The molecular weight excluding hydrogens is 438 g/mol. The molecule has 2 aromatic rings.